The Morgan fingerprint density at radius 2 is 2.06 bits per heavy atom. The van der Waals surface area contributed by atoms with Gasteiger partial charge in [0.05, 0.1) is 0 Å². The average Bonchev–Trinajstić information content (AvgIpc) is 2.62. The summed E-state index contributed by atoms with van der Waals surface area (Å²) >= 11 is 0. The van der Waals surface area contributed by atoms with Gasteiger partial charge in [-0.3, -0.25) is 4.90 Å². The van der Waals surface area contributed by atoms with Crippen molar-refractivity contribution in [3.8, 4) is 0 Å². The molecule has 1 heterocycles. The van der Waals surface area contributed by atoms with Crippen molar-refractivity contribution in [3.05, 3.63) is 0 Å². The summed E-state index contributed by atoms with van der Waals surface area (Å²) in [7, 11) is 0. The van der Waals surface area contributed by atoms with E-state index < -0.39 is 6.09 Å². The summed E-state index contributed by atoms with van der Waals surface area (Å²) in [6.07, 6.45) is 2.58. The van der Waals surface area contributed by atoms with Gasteiger partial charge in [-0.1, -0.05) is 0 Å². The molecule has 1 aliphatic carbocycles. The van der Waals surface area contributed by atoms with Gasteiger partial charge >= 0.3 is 6.09 Å². The minimum Gasteiger partial charge on any atom is -0.465 e. The van der Waals surface area contributed by atoms with E-state index in [0.717, 1.165) is 25.9 Å². The first-order valence-corrected chi connectivity index (χ1v) is 6.31. The van der Waals surface area contributed by atoms with Crippen molar-refractivity contribution in [2.45, 2.75) is 45.2 Å². The van der Waals surface area contributed by atoms with Crippen molar-refractivity contribution in [3.63, 3.8) is 0 Å². The Labute approximate surface area is 97.2 Å². The molecular formula is C12H22N2O2. The second-order valence-electron chi connectivity index (χ2n) is 5.40. The van der Waals surface area contributed by atoms with Crippen LogP contribution in [-0.4, -0.2) is 52.7 Å². The smallest absolute Gasteiger partial charge is 0.407 e. The lowest BCUT2D eigenvalue weighted by atomic mass is 10.0. The molecule has 2 unspecified atom stereocenters. The SMILES string of the molecule is CC(C)N1CCN(C(=O)O)C2CCC(C2)C1. The Balaban J connectivity index is 2.07. The van der Waals surface area contributed by atoms with Crippen LogP contribution in [0, 0.1) is 5.92 Å². The third-order valence-corrected chi connectivity index (χ3v) is 4.05. The zero-order valence-corrected chi connectivity index (χ0v) is 10.2. The van der Waals surface area contributed by atoms with E-state index in [-0.39, 0.29) is 6.04 Å². The predicted molar refractivity (Wildman–Crippen MR) is 62.6 cm³/mol. The van der Waals surface area contributed by atoms with Crippen molar-refractivity contribution in [2.24, 2.45) is 5.92 Å². The van der Waals surface area contributed by atoms with Gasteiger partial charge in [0, 0.05) is 31.7 Å². The summed E-state index contributed by atoms with van der Waals surface area (Å²) in [4.78, 5) is 15.3. The molecule has 2 fully saturated rings. The fraction of sp³-hybridized carbons (Fsp3) is 0.917. The number of rotatable bonds is 1. The molecule has 1 aliphatic heterocycles. The van der Waals surface area contributed by atoms with E-state index in [4.69, 9.17) is 0 Å². The third kappa shape index (κ3) is 2.32. The van der Waals surface area contributed by atoms with Crippen LogP contribution in [0.4, 0.5) is 4.79 Å². The van der Waals surface area contributed by atoms with E-state index in [0.29, 0.717) is 18.5 Å². The Morgan fingerprint density at radius 1 is 1.31 bits per heavy atom. The summed E-state index contributed by atoms with van der Waals surface area (Å²) in [5.41, 5.74) is 0. The number of nitrogens with zero attached hydrogens (tertiary/aromatic N) is 2. The Hall–Kier alpha value is -0.770. The first-order valence-electron chi connectivity index (χ1n) is 6.31. The quantitative estimate of drug-likeness (QED) is 0.742. The molecule has 2 atom stereocenters. The molecule has 16 heavy (non-hydrogen) atoms. The summed E-state index contributed by atoms with van der Waals surface area (Å²) < 4.78 is 0. The fourth-order valence-corrected chi connectivity index (χ4v) is 3.06. The van der Waals surface area contributed by atoms with Gasteiger partial charge in [-0.2, -0.15) is 0 Å². The van der Waals surface area contributed by atoms with Gasteiger partial charge in [-0.25, -0.2) is 4.79 Å². The molecule has 0 aromatic rings. The van der Waals surface area contributed by atoms with E-state index in [1.807, 2.05) is 0 Å². The molecule has 4 heteroatoms. The van der Waals surface area contributed by atoms with Gasteiger partial charge in [0.15, 0.2) is 0 Å². The first kappa shape index (κ1) is 11.7. The lowest BCUT2D eigenvalue weighted by molar-refractivity contribution is 0.0933. The van der Waals surface area contributed by atoms with Crippen LogP contribution in [-0.2, 0) is 0 Å². The molecule has 2 aliphatic rings. The number of hydrogen-bond acceptors (Lipinski definition) is 2. The second kappa shape index (κ2) is 4.62. The first-order chi connectivity index (χ1) is 7.58. The van der Waals surface area contributed by atoms with Gasteiger partial charge in [0.25, 0.3) is 0 Å². The maximum absolute atomic E-state index is 11.2. The minimum absolute atomic E-state index is 0.289. The van der Waals surface area contributed by atoms with Gasteiger partial charge in [0.2, 0.25) is 0 Å². The standard InChI is InChI=1S/C12H22N2O2/c1-9(2)13-5-6-14(12(15)16)11-4-3-10(7-11)8-13/h9-11H,3-8H2,1-2H3,(H,15,16). The number of carbonyl (C=O) groups is 1. The highest BCUT2D eigenvalue weighted by atomic mass is 16.4. The van der Waals surface area contributed by atoms with E-state index in [1.165, 1.54) is 6.42 Å². The van der Waals surface area contributed by atoms with E-state index >= 15 is 0 Å². The molecule has 0 spiro atoms. The van der Waals surface area contributed by atoms with Crippen LogP contribution in [0.25, 0.3) is 0 Å². The largest absolute Gasteiger partial charge is 0.465 e. The number of amides is 1. The van der Waals surface area contributed by atoms with Crippen LogP contribution in [0.2, 0.25) is 0 Å². The van der Waals surface area contributed by atoms with Crippen LogP contribution < -0.4 is 0 Å². The zero-order valence-electron chi connectivity index (χ0n) is 10.2. The van der Waals surface area contributed by atoms with Crippen LogP contribution >= 0.6 is 0 Å². The Bertz CT molecular complexity index is 268. The molecule has 2 bridgehead atoms. The molecular weight excluding hydrogens is 204 g/mol. The van der Waals surface area contributed by atoms with Crippen LogP contribution in [0.5, 0.6) is 0 Å². The maximum atomic E-state index is 11.2. The van der Waals surface area contributed by atoms with Gasteiger partial charge in [-0.15, -0.1) is 0 Å². The average molecular weight is 226 g/mol. The molecule has 0 radical (unpaired) electrons. The minimum atomic E-state index is -0.740. The molecule has 0 aromatic heterocycles. The number of carboxylic acid groups (broad SMARTS) is 1. The van der Waals surface area contributed by atoms with E-state index in [9.17, 15) is 9.90 Å². The summed E-state index contributed by atoms with van der Waals surface area (Å²) in [6, 6.07) is 0.810. The Morgan fingerprint density at radius 3 is 2.69 bits per heavy atom. The van der Waals surface area contributed by atoms with Crippen molar-refractivity contribution in [1.82, 2.24) is 9.80 Å². The monoisotopic (exact) mass is 226 g/mol. The van der Waals surface area contributed by atoms with Crippen molar-refractivity contribution >= 4 is 6.09 Å². The lowest BCUT2D eigenvalue weighted by Crippen LogP contribution is -2.47. The van der Waals surface area contributed by atoms with E-state index in [1.54, 1.807) is 4.90 Å². The molecule has 92 valence electrons. The van der Waals surface area contributed by atoms with Gasteiger partial charge in [-0.05, 0) is 39.0 Å². The summed E-state index contributed by atoms with van der Waals surface area (Å²) in [5, 5.41) is 9.21. The summed E-state index contributed by atoms with van der Waals surface area (Å²) in [5.74, 6) is 0.703. The van der Waals surface area contributed by atoms with Crippen molar-refractivity contribution in [1.29, 1.82) is 0 Å². The lowest BCUT2D eigenvalue weighted by Gasteiger charge is -2.35. The molecule has 1 amide bonds. The molecule has 1 N–H and O–H groups in total. The number of fused-ring (bicyclic) bond motifs is 2. The zero-order chi connectivity index (χ0) is 11.7. The fourth-order valence-electron chi connectivity index (χ4n) is 3.06. The predicted octanol–water partition coefficient (Wildman–Crippen LogP) is 1.86. The van der Waals surface area contributed by atoms with E-state index in [2.05, 4.69) is 18.7 Å². The van der Waals surface area contributed by atoms with Crippen LogP contribution in [0.3, 0.4) is 0 Å². The Kier molecular flexibility index (Phi) is 3.38. The highest BCUT2D eigenvalue weighted by molar-refractivity contribution is 5.65. The van der Waals surface area contributed by atoms with Crippen molar-refractivity contribution < 1.29 is 9.90 Å². The highest BCUT2D eigenvalue weighted by Crippen LogP contribution is 2.32. The molecule has 0 aromatic carbocycles. The van der Waals surface area contributed by atoms with Gasteiger partial charge < -0.3 is 10.0 Å². The highest BCUT2D eigenvalue weighted by Gasteiger charge is 2.35. The van der Waals surface area contributed by atoms with Gasteiger partial charge in [0.1, 0.15) is 0 Å². The molecule has 1 saturated carbocycles. The third-order valence-electron chi connectivity index (χ3n) is 4.05. The normalized spacial score (nSPS) is 31.6. The van der Waals surface area contributed by atoms with Crippen molar-refractivity contribution in [2.75, 3.05) is 19.6 Å². The molecule has 1 saturated heterocycles. The topological polar surface area (TPSA) is 43.8 Å². The number of hydrogen-bond donors (Lipinski definition) is 1. The maximum Gasteiger partial charge on any atom is 0.407 e. The molecule has 2 rings (SSSR count). The second-order valence-corrected chi connectivity index (χ2v) is 5.40. The van der Waals surface area contributed by atoms with Crippen LogP contribution in [0.1, 0.15) is 33.1 Å². The summed E-state index contributed by atoms with van der Waals surface area (Å²) in [6.45, 7) is 7.10. The van der Waals surface area contributed by atoms with Crippen LogP contribution in [0.15, 0.2) is 0 Å². The molecule has 4 nitrogen and oxygen atoms in total.